The average Bonchev–Trinajstić information content (AvgIpc) is 3.28. The van der Waals surface area contributed by atoms with E-state index < -0.39 is 5.54 Å². The highest BCUT2D eigenvalue weighted by molar-refractivity contribution is 5.83. The van der Waals surface area contributed by atoms with E-state index in [-0.39, 0.29) is 18.4 Å². The van der Waals surface area contributed by atoms with Crippen LogP contribution >= 0.6 is 0 Å². The lowest BCUT2D eigenvalue weighted by Crippen LogP contribution is -2.55. The van der Waals surface area contributed by atoms with Crippen LogP contribution in [0.25, 0.3) is 0 Å². The third-order valence-corrected chi connectivity index (χ3v) is 4.82. The van der Waals surface area contributed by atoms with Gasteiger partial charge in [-0.1, -0.05) is 19.3 Å². The van der Waals surface area contributed by atoms with Crippen molar-refractivity contribution in [1.29, 1.82) is 0 Å². The Morgan fingerprint density at radius 1 is 1.14 bits per heavy atom. The summed E-state index contributed by atoms with van der Waals surface area (Å²) in [7, 11) is 1.41. The number of ether oxygens (including phenoxy) is 1. The molecule has 1 atom stereocenters. The van der Waals surface area contributed by atoms with Gasteiger partial charge in [-0.2, -0.15) is 0 Å². The van der Waals surface area contributed by atoms with Crippen LogP contribution in [-0.2, 0) is 14.3 Å². The molecule has 0 aromatic carbocycles. The molecule has 0 bridgehead atoms. The van der Waals surface area contributed by atoms with Crippen molar-refractivity contribution in [3.8, 4) is 0 Å². The molecule has 0 aromatic rings. The zero-order valence-corrected chi connectivity index (χ0v) is 13.3. The zero-order chi connectivity index (χ0) is 15.3. The Morgan fingerprint density at radius 3 is 2.24 bits per heavy atom. The molecular formula is C16H28N2O3. The highest BCUT2D eigenvalue weighted by Gasteiger charge is 2.48. The number of hydrogen-bond acceptors (Lipinski definition) is 4. The summed E-state index contributed by atoms with van der Waals surface area (Å²) in [6, 6.07) is 0. The van der Waals surface area contributed by atoms with E-state index in [4.69, 9.17) is 4.74 Å². The summed E-state index contributed by atoms with van der Waals surface area (Å²) >= 11 is 0. The molecule has 2 aliphatic rings. The standard InChI is InChI=1S/C16H28N2O3/c1-16(13-8-9-13,15(20)21-2)17-12-14(19)18-10-6-4-3-5-7-11-18/h13,17H,3-12H2,1-2H3/t16-/m0/s1. The smallest absolute Gasteiger partial charge is 0.326 e. The second-order valence-corrected chi connectivity index (χ2v) is 6.47. The predicted molar refractivity (Wildman–Crippen MR) is 80.8 cm³/mol. The monoisotopic (exact) mass is 296 g/mol. The van der Waals surface area contributed by atoms with Crippen molar-refractivity contribution >= 4 is 11.9 Å². The molecule has 1 heterocycles. The molecule has 5 heteroatoms. The predicted octanol–water partition coefficient (Wildman–Crippen LogP) is 1.71. The van der Waals surface area contributed by atoms with Gasteiger partial charge in [0.2, 0.25) is 5.91 Å². The Hall–Kier alpha value is -1.10. The van der Waals surface area contributed by atoms with Crippen molar-refractivity contribution in [1.82, 2.24) is 10.2 Å². The summed E-state index contributed by atoms with van der Waals surface area (Å²) in [6.45, 7) is 3.77. The molecule has 0 aromatic heterocycles. The fourth-order valence-corrected chi connectivity index (χ4v) is 3.12. The van der Waals surface area contributed by atoms with Crippen LogP contribution in [0, 0.1) is 5.92 Å². The minimum Gasteiger partial charge on any atom is -0.468 e. The van der Waals surface area contributed by atoms with Crippen LogP contribution in [0.15, 0.2) is 0 Å². The summed E-state index contributed by atoms with van der Waals surface area (Å²) in [6.07, 6.45) is 7.92. The molecule has 120 valence electrons. The molecule has 0 unspecified atom stereocenters. The molecule has 1 saturated heterocycles. The van der Waals surface area contributed by atoms with E-state index in [9.17, 15) is 9.59 Å². The summed E-state index contributed by atoms with van der Waals surface area (Å²) in [5.41, 5.74) is -0.715. The summed E-state index contributed by atoms with van der Waals surface area (Å²) in [4.78, 5) is 26.3. The molecule has 1 aliphatic heterocycles. The number of rotatable bonds is 5. The van der Waals surface area contributed by atoms with E-state index in [0.717, 1.165) is 38.8 Å². The van der Waals surface area contributed by atoms with E-state index in [2.05, 4.69) is 5.32 Å². The van der Waals surface area contributed by atoms with Crippen molar-refractivity contribution in [2.24, 2.45) is 5.92 Å². The molecule has 2 rings (SSSR count). The van der Waals surface area contributed by atoms with E-state index in [1.807, 2.05) is 11.8 Å². The van der Waals surface area contributed by atoms with E-state index in [0.29, 0.717) is 5.92 Å². The fraction of sp³-hybridized carbons (Fsp3) is 0.875. The van der Waals surface area contributed by atoms with Crippen LogP contribution in [0.5, 0.6) is 0 Å². The topological polar surface area (TPSA) is 58.6 Å². The quantitative estimate of drug-likeness (QED) is 0.785. The lowest BCUT2D eigenvalue weighted by atomic mass is 9.96. The van der Waals surface area contributed by atoms with Gasteiger partial charge in [-0.3, -0.25) is 14.9 Å². The molecule has 2 fully saturated rings. The van der Waals surface area contributed by atoms with Crippen molar-refractivity contribution < 1.29 is 14.3 Å². The number of methoxy groups -OCH3 is 1. The average molecular weight is 296 g/mol. The molecular weight excluding hydrogens is 268 g/mol. The number of hydrogen-bond donors (Lipinski definition) is 1. The molecule has 0 radical (unpaired) electrons. The Bertz CT molecular complexity index is 374. The van der Waals surface area contributed by atoms with Gasteiger partial charge >= 0.3 is 5.97 Å². The molecule has 5 nitrogen and oxygen atoms in total. The number of carbonyl (C=O) groups is 2. The van der Waals surface area contributed by atoms with Crippen LogP contribution in [0.1, 0.15) is 51.9 Å². The first kappa shape index (κ1) is 16.3. The van der Waals surface area contributed by atoms with Crippen LogP contribution < -0.4 is 5.32 Å². The number of nitrogens with zero attached hydrogens (tertiary/aromatic N) is 1. The zero-order valence-electron chi connectivity index (χ0n) is 13.3. The molecule has 21 heavy (non-hydrogen) atoms. The van der Waals surface area contributed by atoms with Crippen molar-refractivity contribution in [3.63, 3.8) is 0 Å². The number of likely N-dealkylation sites (tertiary alicyclic amines) is 1. The second-order valence-electron chi connectivity index (χ2n) is 6.47. The maximum Gasteiger partial charge on any atom is 0.326 e. The van der Waals surface area contributed by atoms with Gasteiger partial charge in [0.25, 0.3) is 0 Å². The molecule has 1 amide bonds. The van der Waals surface area contributed by atoms with Gasteiger partial charge in [0.1, 0.15) is 5.54 Å². The third-order valence-electron chi connectivity index (χ3n) is 4.82. The maximum absolute atomic E-state index is 12.4. The van der Waals surface area contributed by atoms with Gasteiger partial charge in [0.15, 0.2) is 0 Å². The lowest BCUT2D eigenvalue weighted by Gasteiger charge is -2.30. The van der Waals surface area contributed by atoms with Gasteiger partial charge in [-0.05, 0) is 38.5 Å². The van der Waals surface area contributed by atoms with Crippen molar-refractivity contribution in [3.05, 3.63) is 0 Å². The highest BCUT2D eigenvalue weighted by atomic mass is 16.5. The van der Waals surface area contributed by atoms with Crippen LogP contribution in [0.3, 0.4) is 0 Å². The SMILES string of the molecule is COC(=O)[C@@](C)(NCC(=O)N1CCCCCCC1)C1CC1. The maximum atomic E-state index is 12.4. The minimum absolute atomic E-state index is 0.104. The molecule has 1 N–H and O–H groups in total. The first-order valence-corrected chi connectivity index (χ1v) is 8.19. The Kier molecular flexibility index (Phi) is 5.62. The number of nitrogens with one attached hydrogen (secondary N) is 1. The van der Waals surface area contributed by atoms with Crippen LogP contribution in [0.2, 0.25) is 0 Å². The van der Waals surface area contributed by atoms with Crippen LogP contribution in [-0.4, -0.2) is 49.1 Å². The number of amides is 1. The second kappa shape index (κ2) is 7.25. The lowest BCUT2D eigenvalue weighted by molar-refractivity contribution is -0.149. The normalized spacial score (nSPS) is 22.9. The van der Waals surface area contributed by atoms with Gasteiger partial charge in [-0.15, -0.1) is 0 Å². The van der Waals surface area contributed by atoms with Crippen molar-refractivity contribution in [2.45, 2.75) is 57.4 Å². The largest absolute Gasteiger partial charge is 0.468 e. The van der Waals surface area contributed by atoms with Gasteiger partial charge < -0.3 is 9.64 Å². The summed E-state index contributed by atoms with van der Waals surface area (Å²) in [5.74, 6) is 0.142. The third kappa shape index (κ3) is 4.19. The molecule has 1 aliphatic carbocycles. The summed E-state index contributed by atoms with van der Waals surface area (Å²) < 4.78 is 4.90. The van der Waals surface area contributed by atoms with E-state index in [1.165, 1.54) is 26.4 Å². The van der Waals surface area contributed by atoms with Crippen LogP contribution in [0.4, 0.5) is 0 Å². The van der Waals surface area contributed by atoms with Gasteiger partial charge in [-0.25, -0.2) is 0 Å². The fourth-order valence-electron chi connectivity index (χ4n) is 3.12. The number of carbonyl (C=O) groups excluding carboxylic acids is 2. The Balaban J connectivity index is 1.87. The molecule has 0 spiro atoms. The minimum atomic E-state index is -0.715. The van der Waals surface area contributed by atoms with Crippen molar-refractivity contribution in [2.75, 3.05) is 26.7 Å². The Morgan fingerprint density at radius 2 is 1.71 bits per heavy atom. The van der Waals surface area contributed by atoms with Gasteiger partial charge in [0.05, 0.1) is 13.7 Å². The van der Waals surface area contributed by atoms with E-state index >= 15 is 0 Å². The first-order chi connectivity index (χ1) is 10.1. The first-order valence-electron chi connectivity index (χ1n) is 8.19. The molecule has 1 saturated carbocycles. The highest BCUT2D eigenvalue weighted by Crippen LogP contribution is 2.40. The summed E-state index contributed by atoms with van der Waals surface area (Å²) in [5, 5.41) is 3.18. The number of esters is 1. The Labute approximate surface area is 127 Å². The van der Waals surface area contributed by atoms with Gasteiger partial charge in [0, 0.05) is 13.1 Å². The van der Waals surface area contributed by atoms with E-state index in [1.54, 1.807) is 0 Å².